The Morgan fingerprint density at radius 1 is 1.38 bits per heavy atom. The minimum Gasteiger partial charge on any atom is -0.507 e. The van der Waals surface area contributed by atoms with Crippen molar-refractivity contribution in [2.24, 2.45) is 0 Å². The molecular weight excluding hydrogens is 204 g/mol. The van der Waals surface area contributed by atoms with Crippen molar-refractivity contribution in [2.75, 3.05) is 6.61 Å². The number of aromatic hydroxyl groups is 1. The first-order valence-electron chi connectivity index (χ1n) is 5.37. The Balaban J connectivity index is 3.14. The quantitative estimate of drug-likeness (QED) is 0.783. The number of hydrogen-bond donors (Lipinski definition) is 1. The van der Waals surface area contributed by atoms with Crippen molar-refractivity contribution in [1.29, 1.82) is 0 Å². The number of rotatable bonds is 2. The van der Waals surface area contributed by atoms with Crippen LogP contribution in [0.15, 0.2) is 18.2 Å². The summed E-state index contributed by atoms with van der Waals surface area (Å²) in [5.41, 5.74) is 1.16. The molecule has 0 amide bonds. The summed E-state index contributed by atoms with van der Waals surface area (Å²) in [6.07, 6.45) is 0. The minimum absolute atomic E-state index is 0.0357. The van der Waals surface area contributed by atoms with Gasteiger partial charge in [-0.05, 0) is 30.0 Å². The molecule has 88 valence electrons. The Morgan fingerprint density at radius 3 is 2.50 bits per heavy atom. The number of carbonyl (C=O) groups excluding carboxylic acids is 1. The summed E-state index contributed by atoms with van der Waals surface area (Å²) in [5, 5.41) is 9.60. The minimum atomic E-state index is -0.480. The molecule has 3 heteroatoms. The lowest BCUT2D eigenvalue weighted by molar-refractivity contribution is 0.0523. The second-order valence-corrected chi connectivity index (χ2v) is 4.70. The van der Waals surface area contributed by atoms with Crippen LogP contribution in [0.2, 0.25) is 0 Å². The smallest absolute Gasteiger partial charge is 0.341 e. The topological polar surface area (TPSA) is 46.5 Å². The van der Waals surface area contributed by atoms with E-state index in [-0.39, 0.29) is 16.7 Å². The van der Waals surface area contributed by atoms with Crippen molar-refractivity contribution in [1.82, 2.24) is 0 Å². The summed E-state index contributed by atoms with van der Waals surface area (Å²) < 4.78 is 4.88. The Bertz CT molecular complexity index is 389. The maximum atomic E-state index is 11.6. The first-order valence-corrected chi connectivity index (χ1v) is 5.37. The van der Waals surface area contributed by atoms with Crippen molar-refractivity contribution < 1.29 is 14.6 Å². The summed E-state index contributed by atoms with van der Waals surface area (Å²) >= 11 is 0. The number of esters is 1. The highest BCUT2D eigenvalue weighted by Crippen LogP contribution is 2.27. The molecule has 0 bridgehead atoms. The Kier molecular flexibility index (Phi) is 3.58. The molecule has 1 aromatic rings. The van der Waals surface area contributed by atoms with Crippen molar-refractivity contribution in [3.8, 4) is 5.75 Å². The van der Waals surface area contributed by atoms with Gasteiger partial charge in [0.05, 0.1) is 6.61 Å². The maximum absolute atomic E-state index is 11.6. The standard InChI is InChI=1S/C13H18O3/c1-5-16-12(15)10-8-9(13(2,3)4)6-7-11(10)14/h6-8,14H,5H2,1-4H3. The highest BCUT2D eigenvalue weighted by Gasteiger charge is 2.19. The van der Waals surface area contributed by atoms with E-state index in [1.54, 1.807) is 13.0 Å². The molecular formula is C13H18O3. The van der Waals surface area contributed by atoms with Gasteiger partial charge in [0.15, 0.2) is 0 Å². The van der Waals surface area contributed by atoms with Gasteiger partial charge in [-0.1, -0.05) is 26.8 Å². The van der Waals surface area contributed by atoms with Crippen molar-refractivity contribution in [3.05, 3.63) is 29.3 Å². The van der Waals surface area contributed by atoms with Crippen LogP contribution in [0.25, 0.3) is 0 Å². The maximum Gasteiger partial charge on any atom is 0.341 e. The van der Waals surface area contributed by atoms with Gasteiger partial charge < -0.3 is 9.84 Å². The summed E-state index contributed by atoms with van der Waals surface area (Å²) in [6, 6.07) is 5.04. The normalized spacial score (nSPS) is 11.2. The molecule has 0 aliphatic heterocycles. The van der Waals surface area contributed by atoms with E-state index in [4.69, 9.17) is 4.74 Å². The zero-order chi connectivity index (χ0) is 12.3. The molecule has 0 heterocycles. The van der Waals surface area contributed by atoms with Gasteiger partial charge in [-0.3, -0.25) is 0 Å². The second-order valence-electron chi connectivity index (χ2n) is 4.70. The third-order valence-corrected chi connectivity index (χ3v) is 2.36. The van der Waals surface area contributed by atoms with Gasteiger partial charge in [0.25, 0.3) is 0 Å². The van der Waals surface area contributed by atoms with E-state index >= 15 is 0 Å². The summed E-state index contributed by atoms with van der Waals surface area (Å²) in [6.45, 7) is 8.19. The number of carbonyl (C=O) groups is 1. The lowest BCUT2D eigenvalue weighted by atomic mass is 9.86. The molecule has 0 radical (unpaired) electrons. The van der Waals surface area contributed by atoms with E-state index in [1.165, 1.54) is 6.07 Å². The summed E-state index contributed by atoms with van der Waals surface area (Å²) in [7, 11) is 0. The molecule has 0 saturated carbocycles. The Morgan fingerprint density at radius 2 is 2.00 bits per heavy atom. The lowest BCUT2D eigenvalue weighted by Gasteiger charge is -2.19. The predicted octanol–water partition coefficient (Wildman–Crippen LogP) is 2.87. The SMILES string of the molecule is CCOC(=O)c1cc(C(C)(C)C)ccc1O. The van der Waals surface area contributed by atoms with Gasteiger partial charge in [-0.2, -0.15) is 0 Å². The van der Waals surface area contributed by atoms with Gasteiger partial charge in [-0.15, -0.1) is 0 Å². The molecule has 3 nitrogen and oxygen atoms in total. The van der Waals surface area contributed by atoms with E-state index in [9.17, 15) is 9.90 Å². The van der Waals surface area contributed by atoms with Crippen LogP contribution in [0.3, 0.4) is 0 Å². The number of benzene rings is 1. The third-order valence-electron chi connectivity index (χ3n) is 2.36. The molecule has 16 heavy (non-hydrogen) atoms. The second kappa shape index (κ2) is 4.56. The lowest BCUT2D eigenvalue weighted by Crippen LogP contribution is -2.13. The molecule has 1 rings (SSSR count). The fourth-order valence-corrected chi connectivity index (χ4v) is 1.37. The molecule has 0 aromatic heterocycles. The molecule has 0 fully saturated rings. The highest BCUT2D eigenvalue weighted by molar-refractivity contribution is 5.92. The van der Waals surface area contributed by atoms with Crippen LogP contribution in [0.4, 0.5) is 0 Å². The highest BCUT2D eigenvalue weighted by atomic mass is 16.5. The van der Waals surface area contributed by atoms with Crippen LogP contribution >= 0.6 is 0 Å². The molecule has 0 saturated heterocycles. The number of ether oxygens (including phenoxy) is 1. The average Bonchev–Trinajstić information content (AvgIpc) is 2.16. The fourth-order valence-electron chi connectivity index (χ4n) is 1.37. The number of phenols is 1. The van der Waals surface area contributed by atoms with Crippen LogP contribution in [0.5, 0.6) is 5.75 Å². The fraction of sp³-hybridized carbons (Fsp3) is 0.462. The number of phenolic OH excluding ortho intramolecular Hbond substituents is 1. The third kappa shape index (κ3) is 2.75. The average molecular weight is 222 g/mol. The molecule has 1 aromatic carbocycles. The molecule has 0 aliphatic rings. The van der Waals surface area contributed by atoms with E-state index in [0.29, 0.717) is 6.61 Å². The van der Waals surface area contributed by atoms with Crippen LogP contribution in [-0.4, -0.2) is 17.7 Å². The van der Waals surface area contributed by atoms with Crippen molar-refractivity contribution in [3.63, 3.8) is 0 Å². The monoisotopic (exact) mass is 222 g/mol. The van der Waals surface area contributed by atoms with Crippen molar-refractivity contribution >= 4 is 5.97 Å². The van der Waals surface area contributed by atoms with E-state index < -0.39 is 5.97 Å². The molecule has 0 unspecified atom stereocenters. The van der Waals surface area contributed by atoms with E-state index in [1.807, 2.05) is 26.8 Å². The molecule has 0 atom stereocenters. The van der Waals surface area contributed by atoms with Crippen molar-refractivity contribution in [2.45, 2.75) is 33.1 Å². The van der Waals surface area contributed by atoms with Crippen LogP contribution in [0, 0.1) is 0 Å². The van der Waals surface area contributed by atoms with Gasteiger partial charge in [-0.25, -0.2) is 4.79 Å². The zero-order valence-electron chi connectivity index (χ0n) is 10.2. The van der Waals surface area contributed by atoms with E-state index in [2.05, 4.69) is 0 Å². The van der Waals surface area contributed by atoms with Gasteiger partial charge in [0, 0.05) is 0 Å². The molecule has 0 aliphatic carbocycles. The van der Waals surface area contributed by atoms with Crippen LogP contribution < -0.4 is 0 Å². The van der Waals surface area contributed by atoms with Crippen LogP contribution in [-0.2, 0) is 10.2 Å². The first kappa shape index (κ1) is 12.6. The first-order chi connectivity index (χ1) is 7.36. The number of hydrogen-bond acceptors (Lipinski definition) is 3. The predicted molar refractivity (Wildman–Crippen MR) is 62.8 cm³/mol. The summed E-state index contributed by atoms with van der Waals surface area (Å²) in [5.74, 6) is -0.516. The Hall–Kier alpha value is -1.51. The van der Waals surface area contributed by atoms with E-state index in [0.717, 1.165) is 5.56 Å². The van der Waals surface area contributed by atoms with Gasteiger partial charge >= 0.3 is 5.97 Å². The summed E-state index contributed by atoms with van der Waals surface area (Å²) in [4.78, 5) is 11.6. The Labute approximate surface area is 96.1 Å². The largest absolute Gasteiger partial charge is 0.507 e. The van der Waals surface area contributed by atoms with Gasteiger partial charge in [0.2, 0.25) is 0 Å². The van der Waals surface area contributed by atoms with Gasteiger partial charge in [0.1, 0.15) is 11.3 Å². The van der Waals surface area contributed by atoms with Crippen LogP contribution in [0.1, 0.15) is 43.6 Å². The zero-order valence-corrected chi connectivity index (χ0v) is 10.2. The molecule has 1 N–H and O–H groups in total. The molecule has 0 spiro atoms.